The average Bonchev–Trinajstić information content (AvgIpc) is 3.45. The van der Waals surface area contributed by atoms with Crippen LogP contribution in [0.5, 0.6) is 18.0 Å². The van der Waals surface area contributed by atoms with Crippen LogP contribution in [0.3, 0.4) is 0 Å². The number of hydrogen-bond acceptors (Lipinski definition) is 9. The molecule has 3 saturated heterocycles. The summed E-state index contributed by atoms with van der Waals surface area (Å²) in [6.45, 7) is 2.83. The molecule has 1 aromatic rings. The number of oxime groups is 3. The monoisotopic (exact) mass is 417 g/mol. The Kier molecular flexibility index (Phi) is 6.10. The highest BCUT2D eigenvalue weighted by atomic mass is 16.7. The van der Waals surface area contributed by atoms with Crippen LogP contribution in [-0.2, 0) is 0 Å². The summed E-state index contributed by atoms with van der Waals surface area (Å²) in [5, 5.41) is 12.4. The van der Waals surface area contributed by atoms with E-state index in [-0.39, 0.29) is 18.0 Å². The van der Waals surface area contributed by atoms with Crippen LogP contribution in [-0.4, -0.2) is 87.9 Å². The lowest BCUT2D eigenvalue weighted by atomic mass is 10.4. The highest BCUT2D eigenvalue weighted by Crippen LogP contribution is 2.18. The highest BCUT2D eigenvalue weighted by Gasteiger charge is 2.19. The predicted octanol–water partition coefficient (Wildman–Crippen LogP) is 1.13. The van der Waals surface area contributed by atoms with Crippen molar-refractivity contribution in [3.05, 3.63) is 0 Å². The van der Waals surface area contributed by atoms with Gasteiger partial charge in [-0.05, 0) is 19.3 Å². The molecule has 3 aliphatic rings. The predicted molar refractivity (Wildman–Crippen MR) is 110 cm³/mol. The van der Waals surface area contributed by atoms with E-state index in [1.807, 2.05) is 35.8 Å². The third-order valence-corrected chi connectivity index (χ3v) is 5.28. The van der Waals surface area contributed by atoms with Crippen molar-refractivity contribution in [1.29, 1.82) is 0 Å². The summed E-state index contributed by atoms with van der Waals surface area (Å²) in [6, 6.07) is -0.117. The lowest BCUT2D eigenvalue weighted by molar-refractivity contribution is 0.244. The molecule has 3 fully saturated rings. The quantitative estimate of drug-likeness (QED) is 0.628. The Labute approximate surface area is 175 Å². The summed E-state index contributed by atoms with van der Waals surface area (Å²) in [5.41, 5.74) is 0. The summed E-state index contributed by atoms with van der Waals surface area (Å²) < 4.78 is 0. The van der Waals surface area contributed by atoms with Crippen molar-refractivity contribution < 1.29 is 14.5 Å². The van der Waals surface area contributed by atoms with Gasteiger partial charge in [0.25, 0.3) is 0 Å². The molecule has 162 valence electrons. The molecule has 0 atom stereocenters. The van der Waals surface area contributed by atoms with Gasteiger partial charge in [-0.1, -0.05) is 15.5 Å². The molecule has 4 heterocycles. The minimum absolute atomic E-state index is 0.0391. The third kappa shape index (κ3) is 4.86. The lowest BCUT2D eigenvalue weighted by Crippen LogP contribution is -2.20. The van der Waals surface area contributed by atoms with Crippen LogP contribution in [0, 0.1) is 0 Å². The second-order valence-corrected chi connectivity index (χ2v) is 7.55. The summed E-state index contributed by atoms with van der Waals surface area (Å²) in [7, 11) is 5.90. The van der Waals surface area contributed by atoms with Crippen molar-refractivity contribution in [3.63, 3.8) is 0 Å². The number of amidine groups is 3. The van der Waals surface area contributed by atoms with Crippen LogP contribution in [0.2, 0.25) is 0 Å². The minimum Gasteiger partial charge on any atom is -0.360 e. The van der Waals surface area contributed by atoms with Gasteiger partial charge >= 0.3 is 18.0 Å². The van der Waals surface area contributed by atoms with Crippen LogP contribution < -0.4 is 14.5 Å². The zero-order chi connectivity index (χ0) is 20.9. The molecule has 4 rings (SSSR count). The summed E-state index contributed by atoms with van der Waals surface area (Å²) in [4.78, 5) is 34.8. The Morgan fingerprint density at radius 1 is 0.567 bits per heavy atom. The van der Waals surface area contributed by atoms with Crippen molar-refractivity contribution in [2.75, 3.05) is 40.8 Å². The molecule has 3 aliphatic heterocycles. The molecule has 12 nitrogen and oxygen atoms in total. The molecule has 0 bridgehead atoms. The van der Waals surface area contributed by atoms with Gasteiger partial charge in [-0.3, -0.25) is 0 Å². The van der Waals surface area contributed by atoms with E-state index in [9.17, 15) is 0 Å². The number of hydrogen-bond donors (Lipinski definition) is 0. The fraction of sp³-hybridized carbons (Fsp3) is 0.667. The standard InChI is InChI=1S/C18H27N9O3/c1-25-10-4-7-13(25)22-28-16-19-17(29-23-14-8-5-11-26(14)2)21-18(20-16)30-24-15-9-6-12-27(15)3/h4-12H2,1-3H3/b22-13+,23-14?,24-15?. The molecule has 30 heavy (non-hydrogen) atoms. The topological polar surface area (TPSA) is 113 Å². The lowest BCUT2D eigenvalue weighted by Gasteiger charge is -2.11. The Bertz CT molecular complexity index is 736. The maximum absolute atomic E-state index is 5.43. The van der Waals surface area contributed by atoms with Gasteiger partial charge in [0.2, 0.25) is 0 Å². The Balaban J connectivity index is 1.53. The van der Waals surface area contributed by atoms with Crippen molar-refractivity contribution >= 4 is 17.5 Å². The van der Waals surface area contributed by atoms with Gasteiger partial charge in [0, 0.05) is 60.0 Å². The zero-order valence-electron chi connectivity index (χ0n) is 17.6. The van der Waals surface area contributed by atoms with Crippen LogP contribution in [0.25, 0.3) is 0 Å². The third-order valence-electron chi connectivity index (χ3n) is 5.28. The van der Waals surface area contributed by atoms with Crippen molar-refractivity contribution in [2.24, 2.45) is 15.5 Å². The minimum atomic E-state index is -0.0391. The molecule has 1 aromatic heterocycles. The van der Waals surface area contributed by atoms with Gasteiger partial charge < -0.3 is 29.2 Å². The molecular weight excluding hydrogens is 390 g/mol. The van der Waals surface area contributed by atoms with Gasteiger partial charge in [0.15, 0.2) is 0 Å². The van der Waals surface area contributed by atoms with E-state index in [2.05, 4.69) is 30.4 Å². The SMILES string of the molecule is CN1CCCC1=NOc1nc(ON=C2CCCN2C)nc(O/N=C2\CCCN2C)n1. The largest absolute Gasteiger partial charge is 0.360 e. The smallest absolute Gasteiger partial charge is 0.355 e. The van der Waals surface area contributed by atoms with Gasteiger partial charge in [-0.15, -0.1) is 15.0 Å². The molecule has 0 amide bonds. The fourth-order valence-corrected chi connectivity index (χ4v) is 3.45. The zero-order valence-corrected chi connectivity index (χ0v) is 17.6. The highest BCUT2D eigenvalue weighted by molar-refractivity contribution is 5.84. The van der Waals surface area contributed by atoms with E-state index >= 15 is 0 Å². The first kappa shape index (κ1) is 20.1. The van der Waals surface area contributed by atoms with Gasteiger partial charge in [0.05, 0.1) is 0 Å². The first-order chi connectivity index (χ1) is 14.6. The van der Waals surface area contributed by atoms with E-state index in [0.29, 0.717) is 0 Å². The summed E-state index contributed by atoms with van der Waals surface area (Å²) in [6.07, 6.45) is 5.63. The van der Waals surface area contributed by atoms with Gasteiger partial charge in [-0.25, -0.2) is 0 Å². The molecule has 0 aromatic carbocycles. The van der Waals surface area contributed by atoms with Crippen LogP contribution >= 0.6 is 0 Å². The molecule has 0 aliphatic carbocycles. The number of rotatable bonds is 6. The summed E-state index contributed by atoms with van der Waals surface area (Å²) in [5.74, 6) is 2.50. The summed E-state index contributed by atoms with van der Waals surface area (Å²) >= 11 is 0. The average molecular weight is 417 g/mol. The molecule has 12 heteroatoms. The van der Waals surface area contributed by atoms with Crippen molar-refractivity contribution in [1.82, 2.24) is 29.7 Å². The van der Waals surface area contributed by atoms with E-state index in [4.69, 9.17) is 14.5 Å². The van der Waals surface area contributed by atoms with Crippen LogP contribution in [0.4, 0.5) is 0 Å². The van der Waals surface area contributed by atoms with E-state index in [0.717, 1.165) is 75.7 Å². The number of nitrogens with zero attached hydrogens (tertiary/aromatic N) is 9. The Hall–Kier alpha value is -3.18. The van der Waals surface area contributed by atoms with Crippen LogP contribution in [0.15, 0.2) is 15.5 Å². The first-order valence-electron chi connectivity index (χ1n) is 10.2. The number of aromatic nitrogens is 3. The molecule has 0 saturated carbocycles. The number of likely N-dealkylation sites (tertiary alicyclic amines) is 3. The Morgan fingerprint density at radius 2 is 0.867 bits per heavy atom. The molecule has 0 radical (unpaired) electrons. The maximum atomic E-state index is 5.43. The molecular formula is C18H27N9O3. The molecule has 0 N–H and O–H groups in total. The second kappa shape index (κ2) is 9.09. The van der Waals surface area contributed by atoms with Crippen molar-refractivity contribution in [2.45, 2.75) is 38.5 Å². The van der Waals surface area contributed by atoms with E-state index < -0.39 is 0 Å². The van der Waals surface area contributed by atoms with Crippen LogP contribution in [0.1, 0.15) is 38.5 Å². The second-order valence-electron chi connectivity index (χ2n) is 7.55. The molecule has 0 unspecified atom stereocenters. The van der Waals surface area contributed by atoms with E-state index in [1.54, 1.807) is 0 Å². The Morgan fingerprint density at radius 3 is 1.10 bits per heavy atom. The maximum Gasteiger partial charge on any atom is 0.355 e. The van der Waals surface area contributed by atoms with Crippen molar-refractivity contribution in [3.8, 4) is 18.0 Å². The fourth-order valence-electron chi connectivity index (χ4n) is 3.45. The molecule has 0 spiro atoms. The van der Waals surface area contributed by atoms with E-state index in [1.165, 1.54) is 0 Å². The van der Waals surface area contributed by atoms with Gasteiger partial charge in [0.1, 0.15) is 17.5 Å². The normalized spacial score (nSPS) is 23.3. The van der Waals surface area contributed by atoms with Gasteiger partial charge in [-0.2, -0.15) is 0 Å². The first-order valence-corrected chi connectivity index (χ1v) is 10.2.